The first-order valence-corrected chi connectivity index (χ1v) is 5.59. The minimum absolute atomic E-state index is 0.667. The van der Waals surface area contributed by atoms with Crippen molar-refractivity contribution in [1.29, 1.82) is 0 Å². The van der Waals surface area contributed by atoms with Crippen LogP contribution in [-0.2, 0) is 0 Å². The van der Waals surface area contributed by atoms with Crippen molar-refractivity contribution in [3.05, 3.63) is 32.6 Å². The van der Waals surface area contributed by atoms with E-state index in [2.05, 4.69) is 15.9 Å². The molecule has 0 unspecified atom stereocenters. The van der Waals surface area contributed by atoms with Gasteiger partial charge in [-0.1, -0.05) is 11.6 Å². The van der Waals surface area contributed by atoms with E-state index in [1.165, 1.54) is 0 Å². The van der Waals surface area contributed by atoms with Crippen LogP contribution in [0.2, 0.25) is 5.02 Å². The van der Waals surface area contributed by atoms with Crippen LogP contribution in [-0.4, -0.2) is 6.29 Å². The number of carbonyl (C=O) groups is 1. The fourth-order valence-electron chi connectivity index (χ4n) is 1.21. The van der Waals surface area contributed by atoms with Gasteiger partial charge in [-0.05, 0) is 33.4 Å². The zero-order valence-corrected chi connectivity index (χ0v) is 9.54. The molecule has 0 amide bonds. The molecule has 0 bridgehead atoms. The molecule has 13 heavy (non-hydrogen) atoms. The fourth-order valence-corrected chi connectivity index (χ4v) is 3.04. The molecule has 1 nitrogen and oxygen atoms in total. The maximum atomic E-state index is 10.8. The number of fused-ring (bicyclic) bond motifs is 1. The summed E-state index contributed by atoms with van der Waals surface area (Å²) in [6.07, 6.45) is 0.843. The summed E-state index contributed by atoms with van der Waals surface area (Å²) in [5.74, 6) is 0. The zero-order valence-electron chi connectivity index (χ0n) is 6.38. The molecule has 1 aromatic carbocycles. The summed E-state index contributed by atoms with van der Waals surface area (Å²) >= 11 is 10.8. The van der Waals surface area contributed by atoms with E-state index in [9.17, 15) is 4.79 Å². The summed E-state index contributed by atoms with van der Waals surface area (Å²) < 4.78 is 1.71. The first-order chi connectivity index (χ1) is 6.24. The van der Waals surface area contributed by atoms with E-state index in [0.29, 0.717) is 10.6 Å². The van der Waals surface area contributed by atoms with Gasteiger partial charge in [0.15, 0.2) is 6.29 Å². The van der Waals surface area contributed by atoms with Crippen LogP contribution >= 0.6 is 38.9 Å². The summed E-state index contributed by atoms with van der Waals surface area (Å²) in [4.78, 5) is 10.8. The lowest BCUT2D eigenvalue weighted by molar-refractivity contribution is 0.112. The largest absolute Gasteiger partial charge is 0.298 e. The molecular weight excluding hydrogens is 272 g/mol. The third-order valence-corrected chi connectivity index (χ3v) is 3.81. The first-order valence-electron chi connectivity index (χ1n) is 3.54. The Kier molecular flexibility index (Phi) is 2.41. The molecule has 1 aromatic heterocycles. The number of thiophene rings is 1. The van der Waals surface area contributed by atoms with Crippen LogP contribution < -0.4 is 0 Å². The summed E-state index contributed by atoms with van der Waals surface area (Å²) in [5, 5.41) is 3.53. The molecule has 0 aliphatic heterocycles. The van der Waals surface area contributed by atoms with Crippen molar-refractivity contribution in [2.45, 2.75) is 0 Å². The van der Waals surface area contributed by atoms with Crippen LogP contribution in [0.25, 0.3) is 10.1 Å². The Morgan fingerprint density at radius 1 is 1.54 bits per heavy atom. The molecule has 0 saturated heterocycles. The van der Waals surface area contributed by atoms with Crippen LogP contribution in [0.5, 0.6) is 0 Å². The smallest absolute Gasteiger partial charge is 0.151 e. The summed E-state index contributed by atoms with van der Waals surface area (Å²) in [6.45, 7) is 0. The van der Waals surface area contributed by atoms with Crippen LogP contribution in [0.3, 0.4) is 0 Å². The number of carbonyl (C=O) groups excluding carboxylic acids is 1. The molecule has 0 radical (unpaired) electrons. The third-order valence-electron chi connectivity index (χ3n) is 1.80. The van der Waals surface area contributed by atoms with Crippen molar-refractivity contribution in [1.82, 2.24) is 0 Å². The van der Waals surface area contributed by atoms with E-state index in [1.54, 1.807) is 17.4 Å². The minimum Gasteiger partial charge on any atom is -0.298 e. The number of hydrogen-bond acceptors (Lipinski definition) is 2. The van der Waals surface area contributed by atoms with E-state index in [1.807, 2.05) is 11.4 Å². The Bertz CT molecular complexity index is 478. The standard InChI is InChI=1S/C9H4BrClOS/c10-7-3-8(11)9-5(1-2-13-9)6(7)4-12/h1-4H. The van der Waals surface area contributed by atoms with E-state index in [4.69, 9.17) is 11.6 Å². The normalized spacial score (nSPS) is 10.6. The number of halogens is 2. The predicted molar refractivity (Wildman–Crippen MR) is 59.9 cm³/mol. The van der Waals surface area contributed by atoms with E-state index in [-0.39, 0.29) is 0 Å². The van der Waals surface area contributed by atoms with Gasteiger partial charge in [0, 0.05) is 15.4 Å². The summed E-state index contributed by atoms with van der Waals surface area (Å²) in [6, 6.07) is 3.66. The quantitative estimate of drug-likeness (QED) is 0.715. The second-order valence-electron chi connectivity index (χ2n) is 2.54. The SMILES string of the molecule is O=Cc1c(Br)cc(Cl)c2sccc12. The Balaban J connectivity index is 2.96. The topological polar surface area (TPSA) is 17.1 Å². The molecule has 2 rings (SSSR count). The minimum atomic E-state index is 0.667. The highest BCUT2D eigenvalue weighted by Crippen LogP contribution is 2.35. The zero-order chi connectivity index (χ0) is 9.42. The highest BCUT2D eigenvalue weighted by Gasteiger charge is 2.09. The average Bonchev–Trinajstić information content (AvgIpc) is 2.53. The average molecular weight is 276 g/mol. The second-order valence-corrected chi connectivity index (χ2v) is 4.71. The maximum absolute atomic E-state index is 10.8. The number of benzene rings is 1. The maximum Gasteiger partial charge on any atom is 0.151 e. The Morgan fingerprint density at radius 3 is 3.00 bits per heavy atom. The van der Waals surface area contributed by atoms with E-state index < -0.39 is 0 Å². The van der Waals surface area contributed by atoms with Gasteiger partial charge >= 0.3 is 0 Å². The molecule has 0 saturated carbocycles. The van der Waals surface area contributed by atoms with Gasteiger partial charge in [0.1, 0.15) is 0 Å². The van der Waals surface area contributed by atoms with Gasteiger partial charge in [-0.15, -0.1) is 11.3 Å². The van der Waals surface area contributed by atoms with Crippen molar-refractivity contribution in [3.63, 3.8) is 0 Å². The lowest BCUT2D eigenvalue weighted by Gasteiger charge is -2.00. The van der Waals surface area contributed by atoms with Gasteiger partial charge in [-0.25, -0.2) is 0 Å². The molecule has 2 aromatic rings. The highest BCUT2D eigenvalue weighted by atomic mass is 79.9. The Morgan fingerprint density at radius 2 is 2.31 bits per heavy atom. The van der Waals surface area contributed by atoms with Crippen molar-refractivity contribution in [2.24, 2.45) is 0 Å². The molecule has 0 aliphatic carbocycles. The highest BCUT2D eigenvalue weighted by molar-refractivity contribution is 9.10. The molecule has 1 heterocycles. The summed E-state index contributed by atoms with van der Waals surface area (Å²) in [5.41, 5.74) is 0.667. The molecule has 0 fully saturated rings. The lowest BCUT2D eigenvalue weighted by atomic mass is 10.1. The fraction of sp³-hybridized carbons (Fsp3) is 0. The van der Waals surface area contributed by atoms with Crippen molar-refractivity contribution in [3.8, 4) is 0 Å². The molecule has 0 aliphatic rings. The first kappa shape index (κ1) is 9.19. The van der Waals surface area contributed by atoms with Crippen molar-refractivity contribution < 1.29 is 4.79 Å². The number of rotatable bonds is 1. The Hall–Kier alpha value is -0.380. The number of hydrogen-bond donors (Lipinski definition) is 0. The number of aldehydes is 1. The van der Waals surface area contributed by atoms with Crippen LogP contribution in [0.1, 0.15) is 10.4 Å². The molecular formula is C9H4BrClOS. The van der Waals surface area contributed by atoms with Gasteiger partial charge in [0.05, 0.1) is 9.72 Å². The van der Waals surface area contributed by atoms with Gasteiger partial charge < -0.3 is 0 Å². The monoisotopic (exact) mass is 274 g/mol. The molecule has 0 N–H and O–H groups in total. The molecule has 0 atom stereocenters. The van der Waals surface area contributed by atoms with E-state index in [0.717, 1.165) is 20.8 Å². The molecule has 0 spiro atoms. The van der Waals surface area contributed by atoms with Gasteiger partial charge in [0.25, 0.3) is 0 Å². The summed E-state index contributed by atoms with van der Waals surface area (Å²) in [7, 11) is 0. The van der Waals surface area contributed by atoms with Gasteiger partial charge in [0.2, 0.25) is 0 Å². The third kappa shape index (κ3) is 1.41. The van der Waals surface area contributed by atoms with Crippen LogP contribution in [0.4, 0.5) is 0 Å². The van der Waals surface area contributed by atoms with Crippen LogP contribution in [0.15, 0.2) is 22.0 Å². The van der Waals surface area contributed by atoms with Crippen molar-refractivity contribution >= 4 is 55.2 Å². The van der Waals surface area contributed by atoms with Crippen molar-refractivity contribution in [2.75, 3.05) is 0 Å². The molecule has 66 valence electrons. The van der Waals surface area contributed by atoms with Gasteiger partial charge in [-0.2, -0.15) is 0 Å². The second kappa shape index (κ2) is 3.40. The Labute approximate surface area is 92.5 Å². The predicted octanol–water partition coefficient (Wildman–Crippen LogP) is 4.13. The lowest BCUT2D eigenvalue weighted by Crippen LogP contribution is -1.83. The van der Waals surface area contributed by atoms with Gasteiger partial charge in [-0.3, -0.25) is 4.79 Å². The molecule has 4 heteroatoms. The van der Waals surface area contributed by atoms with Crippen LogP contribution in [0, 0.1) is 0 Å². The van der Waals surface area contributed by atoms with E-state index >= 15 is 0 Å².